The van der Waals surface area contributed by atoms with Gasteiger partial charge >= 0.3 is 0 Å². The molecule has 0 saturated heterocycles. The summed E-state index contributed by atoms with van der Waals surface area (Å²) in [5.74, 6) is 0.154. The summed E-state index contributed by atoms with van der Waals surface area (Å²) in [5, 5.41) is -0.471. The zero-order valence-corrected chi connectivity index (χ0v) is 12.7. The van der Waals surface area contributed by atoms with E-state index in [4.69, 9.17) is 11.6 Å². The van der Waals surface area contributed by atoms with Crippen LogP contribution >= 0.6 is 11.6 Å². The molecule has 0 aliphatic carbocycles. The Kier molecular flexibility index (Phi) is 8.57. The molecule has 1 atom stereocenters. The topological polar surface area (TPSA) is 17.1 Å². The number of unbranched alkanes of at least 4 members (excludes halogenated alkanes) is 6. The Morgan fingerprint density at radius 1 is 1.00 bits per heavy atom. The minimum absolute atomic E-state index is 0.154. The Hall–Kier alpha value is -0.820. The van der Waals surface area contributed by atoms with Gasteiger partial charge in [0, 0.05) is 6.42 Å². The Balaban J connectivity index is 2.14. The molecule has 2 heteroatoms. The van der Waals surface area contributed by atoms with E-state index in [-0.39, 0.29) is 5.78 Å². The van der Waals surface area contributed by atoms with E-state index >= 15 is 0 Å². The first-order valence-corrected chi connectivity index (χ1v) is 7.91. The van der Waals surface area contributed by atoms with Gasteiger partial charge in [0.05, 0.1) is 0 Å². The van der Waals surface area contributed by atoms with Crippen LogP contribution in [0.15, 0.2) is 30.3 Å². The predicted molar refractivity (Wildman–Crippen MR) is 82.7 cm³/mol. The smallest absolute Gasteiger partial charge is 0.155 e. The standard InChI is InChI=1S/C17H25ClO/c1-2-3-4-5-6-7-11-14-16(19)17(18)15-12-9-8-10-13-15/h8-10,12-13,17H,2-7,11,14H2,1H3. The minimum atomic E-state index is -0.471. The quantitative estimate of drug-likeness (QED) is 0.398. The van der Waals surface area contributed by atoms with E-state index in [0.29, 0.717) is 6.42 Å². The average molecular weight is 281 g/mol. The molecule has 0 radical (unpaired) electrons. The van der Waals surface area contributed by atoms with Crippen LogP contribution < -0.4 is 0 Å². The number of hydrogen-bond donors (Lipinski definition) is 0. The second-order valence-corrected chi connectivity index (χ2v) is 5.55. The van der Waals surface area contributed by atoms with E-state index in [2.05, 4.69) is 6.92 Å². The van der Waals surface area contributed by atoms with Crippen molar-refractivity contribution in [3.8, 4) is 0 Å². The first kappa shape index (κ1) is 16.2. The van der Waals surface area contributed by atoms with Gasteiger partial charge in [0.15, 0.2) is 5.78 Å². The summed E-state index contributed by atoms with van der Waals surface area (Å²) in [6, 6.07) is 9.62. The second kappa shape index (κ2) is 10.0. The maximum atomic E-state index is 11.9. The van der Waals surface area contributed by atoms with E-state index in [1.807, 2.05) is 30.3 Å². The van der Waals surface area contributed by atoms with Crippen LogP contribution in [0.1, 0.15) is 69.2 Å². The number of halogens is 1. The highest BCUT2D eigenvalue weighted by atomic mass is 35.5. The molecule has 0 spiro atoms. The van der Waals surface area contributed by atoms with Crippen LogP contribution in [0.2, 0.25) is 0 Å². The molecule has 0 heterocycles. The first-order chi connectivity index (χ1) is 9.25. The summed E-state index contributed by atoms with van der Waals surface area (Å²) in [4.78, 5) is 11.9. The molecule has 0 bridgehead atoms. The number of Topliss-reactive ketones (excluding diaryl/α,β-unsaturated/α-hetero) is 1. The third-order valence-electron chi connectivity index (χ3n) is 3.40. The van der Waals surface area contributed by atoms with E-state index in [0.717, 1.165) is 18.4 Å². The lowest BCUT2D eigenvalue weighted by molar-refractivity contribution is -0.118. The molecule has 106 valence electrons. The molecule has 19 heavy (non-hydrogen) atoms. The molecule has 1 aromatic rings. The van der Waals surface area contributed by atoms with Crippen molar-refractivity contribution in [3.05, 3.63) is 35.9 Å². The van der Waals surface area contributed by atoms with Crippen molar-refractivity contribution in [2.24, 2.45) is 0 Å². The van der Waals surface area contributed by atoms with Gasteiger partial charge in [0.1, 0.15) is 5.38 Å². The van der Waals surface area contributed by atoms with Gasteiger partial charge in [-0.2, -0.15) is 0 Å². The summed E-state index contributed by atoms with van der Waals surface area (Å²) < 4.78 is 0. The molecule has 0 N–H and O–H groups in total. The number of benzene rings is 1. The van der Waals surface area contributed by atoms with Crippen molar-refractivity contribution in [1.82, 2.24) is 0 Å². The van der Waals surface area contributed by atoms with Gasteiger partial charge in [-0.25, -0.2) is 0 Å². The molecule has 1 rings (SSSR count). The Bertz CT molecular complexity index is 348. The van der Waals surface area contributed by atoms with E-state index in [9.17, 15) is 4.79 Å². The summed E-state index contributed by atoms with van der Waals surface area (Å²) in [5.41, 5.74) is 0.914. The molecule has 0 saturated carbocycles. The number of alkyl halides is 1. The van der Waals surface area contributed by atoms with Gasteiger partial charge in [0.25, 0.3) is 0 Å². The molecule has 0 aliphatic rings. The SMILES string of the molecule is CCCCCCCCCC(=O)C(Cl)c1ccccc1. The summed E-state index contributed by atoms with van der Waals surface area (Å²) >= 11 is 6.19. The van der Waals surface area contributed by atoms with Crippen LogP contribution in [-0.2, 0) is 4.79 Å². The summed E-state index contributed by atoms with van der Waals surface area (Å²) in [6.45, 7) is 2.23. The zero-order valence-electron chi connectivity index (χ0n) is 11.9. The highest BCUT2D eigenvalue weighted by Gasteiger charge is 2.16. The van der Waals surface area contributed by atoms with Gasteiger partial charge in [-0.15, -0.1) is 11.6 Å². The molecule has 1 unspecified atom stereocenters. The van der Waals surface area contributed by atoms with Crippen molar-refractivity contribution < 1.29 is 4.79 Å². The summed E-state index contributed by atoms with van der Waals surface area (Å²) in [7, 11) is 0. The number of carbonyl (C=O) groups excluding carboxylic acids is 1. The van der Waals surface area contributed by atoms with Crippen LogP contribution in [0.4, 0.5) is 0 Å². The molecule has 1 nitrogen and oxygen atoms in total. The molecule has 0 amide bonds. The maximum absolute atomic E-state index is 11.9. The third-order valence-corrected chi connectivity index (χ3v) is 3.90. The largest absolute Gasteiger partial charge is 0.298 e. The van der Waals surface area contributed by atoms with Crippen molar-refractivity contribution in [3.63, 3.8) is 0 Å². The third kappa shape index (κ3) is 6.77. The van der Waals surface area contributed by atoms with Crippen LogP contribution in [0.5, 0.6) is 0 Å². The highest BCUT2D eigenvalue weighted by Crippen LogP contribution is 2.23. The second-order valence-electron chi connectivity index (χ2n) is 5.11. The van der Waals surface area contributed by atoms with Crippen LogP contribution in [0, 0.1) is 0 Å². The fraction of sp³-hybridized carbons (Fsp3) is 0.588. The fourth-order valence-corrected chi connectivity index (χ4v) is 2.45. The minimum Gasteiger partial charge on any atom is -0.298 e. The van der Waals surface area contributed by atoms with Crippen molar-refractivity contribution in [1.29, 1.82) is 0 Å². The van der Waals surface area contributed by atoms with E-state index in [1.54, 1.807) is 0 Å². The molecular formula is C17H25ClO. The van der Waals surface area contributed by atoms with Gasteiger partial charge in [-0.3, -0.25) is 4.79 Å². The van der Waals surface area contributed by atoms with Crippen LogP contribution in [-0.4, -0.2) is 5.78 Å². The van der Waals surface area contributed by atoms with Crippen LogP contribution in [0.3, 0.4) is 0 Å². The molecule has 0 aliphatic heterocycles. The van der Waals surface area contributed by atoms with Gasteiger partial charge in [-0.05, 0) is 12.0 Å². The number of ketones is 1. The summed E-state index contributed by atoms with van der Waals surface area (Å²) in [6.07, 6.45) is 9.20. The van der Waals surface area contributed by atoms with Gasteiger partial charge in [-0.1, -0.05) is 75.8 Å². The first-order valence-electron chi connectivity index (χ1n) is 7.47. The molecule has 0 fully saturated rings. The fourth-order valence-electron chi connectivity index (χ4n) is 2.19. The lowest BCUT2D eigenvalue weighted by Crippen LogP contribution is -2.06. The number of hydrogen-bond acceptors (Lipinski definition) is 1. The molecular weight excluding hydrogens is 256 g/mol. The van der Waals surface area contributed by atoms with Crippen LogP contribution in [0.25, 0.3) is 0 Å². The maximum Gasteiger partial charge on any atom is 0.155 e. The van der Waals surface area contributed by atoms with Gasteiger partial charge < -0.3 is 0 Å². The van der Waals surface area contributed by atoms with Crippen molar-refractivity contribution in [2.75, 3.05) is 0 Å². The average Bonchev–Trinajstić information content (AvgIpc) is 2.46. The van der Waals surface area contributed by atoms with Crippen molar-refractivity contribution in [2.45, 2.75) is 63.7 Å². The van der Waals surface area contributed by atoms with E-state index < -0.39 is 5.38 Å². The zero-order chi connectivity index (χ0) is 13.9. The van der Waals surface area contributed by atoms with Gasteiger partial charge in [0.2, 0.25) is 0 Å². The monoisotopic (exact) mass is 280 g/mol. The normalized spacial score (nSPS) is 12.3. The molecule has 0 aromatic heterocycles. The van der Waals surface area contributed by atoms with Crippen molar-refractivity contribution >= 4 is 17.4 Å². The predicted octanol–water partition coefficient (Wildman–Crippen LogP) is 5.68. The lowest BCUT2D eigenvalue weighted by Gasteiger charge is -2.08. The van der Waals surface area contributed by atoms with E-state index in [1.165, 1.54) is 32.1 Å². The molecule has 1 aromatic carbocycles. The number of rotatable bonds is 10. The lowest BCUT2D eigenvalue weighted by atomic mass is 10.0. The highest BCUT2D eigenvalue weighted by molar-refractivity contribution is 6.31. The number of carbonyl (C=O) groups is 1. The Morgan fingerprint density at radius 2 is 1.58 bits per heavy atom. The Labute approximate surface area is 122 Å². The Morgan fingerprint density at radius 3 is 2.21 bits per heavy atom.